The maximum Gasteiger partial charge on any atom is 0.236 e. The van der Waals surface area contributed by atoms with Crippen LogP contribution >= 0.6 is 0 Å². The van der Waals surface area contributed by atoms with Gasteiger partial charge in [0.1, 0.15) is 18.4 Å². The van der Waals surface area contributed by atoms with E-state index < -0.39 is 18.1 Å². The number of phenolic OH excluding ortho intramolecular Hbond substituents is 1. The highest BCUT2D eigenvalue weighted by atomic mass is 16.7. The molecule has 11 nitrogen and oxygen atoms in total. The number of hydrogen-bond donors (Lipinski definition) is 3. The van der Waals surface area contributed by atoms with Gasteiger partial charge in [0.15, 0.2) is 23.0 Å². The smallest absolute Gasteiger partial charge is 0.236 e. The van der Waals surface area contributed by atoms with Crippen molar-refractivity contribution >= 4 is 5.91 Å². The fraction of sp³-hybridized carbons (Fsp3) is 0.500. The minimum atomic E-state index is -0.702. The first-order valence-electron chi connectivity index (χ1n) is 14.6. The zero-order chi connectivity index (χ0) is 30.7. The average Bonchev–Trinajstić information content (AvgIpc) is 3.46. The maximum absolute atomic E-state index is 12.8. The van der Waals surface area contributed by atoms with Crippen molar-refractivity contribution in [1.29, 1.82) is 5.26 Å². The number of carbonyl (C=O) groups excluding carboxylic acids is 1. The molecule has 0 spiro atoms. The Bertz CT molecular complexity index is 1530. The molecule has 0 saturated carbocycles. The molecule has 0 aliphatic carbocycles. The van der Waals surface area contributed by atoms with Gasteiger partial charge in [-0.2, -0.15) is 5.26 Å². The number of rotatable bonds is 7. The van der Waals surface area contributed by atoms with Crippen LogP contribution in [0.1, 0.15) is 52.4 Å². The van der Waals surface area contributed by atoms with Gasteiger partial charge < -0.3 is 35.1 Å². The predicted molar refractivity (Wildman–Crippen MR) is 159 cm³/mol. The molecule has 43 heavy (non-hydrogen) atoms. The predicted octanol–water partition coefficient (Wildman–Crippen LogP) is 2.55. The monoisotopic (exact) mass is 589 g/mol. The van der Waals surface area contributed by atoms with Crippen molar-refractivity contribution in [2.75, 3.05) is 34.1 Å². The Morgan fingerprint density at radius 3 is 2.70 bits per heavy atom. The number of fused-ring (bicyclic) bond motifs is 9. The van der Waals surface area contributed by atoms with E-state index >= 15 is 0 Å². The topological polar surface area (TPSA) is 143 Å². The van der Waals surface area contributed by atoms with E-state index in [-0.39, 0.29) is 43.1 Å². The fourth-order valence-electron chi connectivity index (χ4n) is 7.73. The van der Waals surface area contributed by atoms with Gasteiger partial charge in [0.25, 0.3) is 0 Å². The molecule has 1 unspecified atom stereocenters. The maximum atomic E-state index is 12.8. The summed E-state index contributed by atoms with van der Waals surface area (Å²) < 4.78 is 24.0. The number of carbonyl (C=O) groups is 1. The number of piperazine rings is 1. The molecule has 2 aromatic rings. The Morgan fingerprint density at radius 2 is 2.02 bits per heavy atom. The largest absolute Gasteiger partial charge is 0.504 e. The third-order valence-corrected chi connectivity index (χ3v) is 9.49. The van der Waals surface area contributed by atoms with Gasteiger partial charge in [-0.15, -0.1) is 0 Å². The molecular formula is C32H39N5O6. The van der Waals surface area contributed by atoms with Crippen LogP contribution in [0.5, 0.6) is 28.7 Å². The van der Waals surface area contributed by atoms with Gasteiger partial charge in [0.2, 0.25) is 12.7 Å². The number of methoxy groups -OCH3 is 1. The number of nitrogens with zero attached hydrogens (tertiary/aromatic N) is 3. The molecule has 4 N–H and O–H groups in total. The minimum Gasteiger partial charge on any atom is -0.504 e. The summed E-state index contributed by atoms with van der Waals surface area (Å²) in [6, 6.07) is 2.30. The Kier molecular flexibility index (Phi) is 7.40. The number of nitrogens with one attached hydrogen (secondary N) is 1. The van der Waals surface area contributed by atoms with Gasteiger partial charge in [-0.25, -0.2) is 0 Å². The summed E-state index contributed by atoms with van der Waals surface area (Å²) in [6.07, 6.45) is 2.78. The molecule has 1 saturated heterocycles. The number of aromatic hydroxyl groups is 1. The van der Waals surface area contributed by atoms with E-state index in [0.717, 1.165) is 33.4 Å². The van der Waals surface area contributed by atoms with Gasteiger partial charge in [-0.1, -0.05) is 18.7 Å². The summed E-state index contributed by atoms with van der Waals surface area (Å²) in [5.41, 5.74) is 11.2. The molecular weight excluding hydrogens is 550 g/mol. The molecule has 11 heteroatoms. The van der Waals surface area contributed by atoms with E-state index in [4.69, 9.17) is 24.7 Å². The first-order chi connectivity index (χ1) is 20.6. The molecule has 4 heterocycles. The van der Waals surface area contributed by atoms with Crippen LogP contribution in [0.25, 0.3) is 0 Å². The second kappa shape index (κ2) is 10.9. The molecule has 1 fully saturated rings. The second-order valence-electron chi connectivity index (χ2n) is 11.9. The van der Waals surface area contributed by atoms with Crippen molar-refractivity contribution in [3.05, 3.63) is 52.1 Å². The number of nitrogens with two attached hydrogens (primary N) is 1. The summed E-state index contributed by atoms with van der Waals surface area (Å²) in [7, 11) is 3.58. The standard InChI is InChI=1S/C32H39N5O6/c1-7-8-41-29-16(3)30-31(43-14-42-30)25-19(29)11-21-26-24-18(9-15(2)28(40-6)27(24)38)10-20(36(26)5)22(12-33)37(21)23(25)13-35-32(39)17(4)34/h7,9,17,20-23,26,38H,1,8,10-11,13-14,34H2,2-6H3,(H,35,39)/t17-,20+,21-,22?,23-,26+/m0/s1. The van der Waals surface area contributed by atoms with Crippen molar-refractivity contribution in [2.24, 2.45) is 5.73 Å². The molecule has 1 amide bonds. The zero-order valence-electron chi connectivity index (χ0n) is 25.3. The highest BCUT2D eigenvalue weighted by molar-refractivity contribution is 5.81. The molecule has 0 aromatic heterocycles. The first-order valence-corrected chi connectivity index (χ1v) is 14.6. The van der Waals surface area contributed by atoms with E-state index in [1.54, 1.807) is 20.1 Å². The van der Waals surface area contributed by atoms with Crippen molar-refractivity contribution in [2.45, 2.75) is 69.9 Å². The van der Waals surface area contributed by atoms with Crippen LogP contribution in [0.4, 0.5) is 0 Å². The Morgan fingerprint density at radius 1 is 1.28 bits per heavy atom. The minimum absolute atomic E-state index is 0.0614. The average molecular weight is 590 g/mol. The number of likely N-dealkylation sites (N-methyl/N-ethyl adjacent to an activating group) is 1. The molecule has 6 rings (SSSR count). The fourth-order valence-corrected chi connectivity index (χ4v) is 7.73. The quantitative estimate of drug-likeness (QED) is 0.413. The van der Waals surface area contributed by atoms with Crippen molar-refractivity contribution < 1.29 is 28.8 Å². The number of amides is 1. The lowest BCUT2D eigenvalue weighted by Gasteiger charge is -2.60. The highest BCUT2D eigenvalue weighted by Crippen LogP contribution is 2.58. The van der Waals surface area contributed by atoms with E-state index in [9.17, 15) is 15.2 Å². The highest BCUT2D eigenvalue weighted by Gasteiger charge is 2.56. The molecule has 2 bridgehead atoms. The van der Waals surface area contributed by atoms with E-state index in [1.165, 1.54) is 0 Å². The summed E-state index contributed by atoms with van der Waals surface area (Å²) in [5, 5.41) is 25.4. The number of aryl methyl sites for hydroxylation is 1. The van der Waals surface area contributed by atoms with Gasteiger partial charge >= 0.3 is 0 Å². The lowest BCUT2D eigenvalue weighted by Crippen LogP contribution is -2.68. The Hall–Kier alpha value is -3.98. The number of ether oxygens (including phenoxy) is 4. The number of benzene rings is 2. The van der Waals surface area contributed by atoms with Gasteiger partial charge in [0.05, 0.1) is 31.3 Å². The normalized spacial score (nSPS) is 25.9. The lowest BCUT2D eigenvalue weighted by atomic mass is 9.71. The van der Waals surface area contributed by atoms with Gasteiger partial charge in [-0.3, -0.25) is 14.6 Å². The summed E-state index contributed by atoms with van der Waals surface area (Å²) in [6.45, 7) is 9.89. The molecule has 2 aromatic carbocycles. The third kappa shape index (κ3) is 4.31. The van der Waals surface area contributed by atoms with Crippen LogP contribution < -0.4 is 30.0 Å². The van der Waals surface area contributed by atoms with Crippen LogP contribution in [0.15, 0.2) is 18.7 Å². The van der Waals surface area contributed by atoms with Gasteiger partial charge in [-0.05, 0) is 51.8 Å². The van der Waals surface area contributed by atoms with Crippen LogP contribution in [0.2, 0.25) is 0 Å². The van der Waals surface area contributed by atoms with Crippen LogP contribution in [0.3, 0.4) is 0 Å². The molecule has 228 valence electrons. The summed E-state index contributed by atoms with van der Waals surface area (Å²) in [5.74, 6) is 2.18. The van der Waals surface area contributed by atoms with E-state index in [0.29, 0.717) is 42.4 Å². The molecule has 4 aliphatic rings. The SMILES string of the molecule is C=CCOc1c(C)c2c(c3c1C[C@H]1[C@@H]4c5c(cc(C)c(OC)c5O)C[C@H](C(C#N)N1[C@H]3CNC(=O)[C@H](C)N)N4C)OCO2. The Labute approximate surface area is 251 Å². The molecule has 4 aliphatic heterocycles. The first kappa shape index (κ1) is 29.1. The Balaban J connectivity index is 1.60. The summed E-state index contributed by atoms with van der Waals surface area (Å²) in [4.78, 5) is 17.2. The second-order valence-corrected chi connectivity index (χ2v) is 11.9. The van der Waals surface area contributed by atoms with Crippen molar-refractivity contribution in [3.63, 3.8) is 0 Å². The van der Waals surface area contributed by atoms with Crippen LogP contribution in [-0.2, 0) is 17.6 Å². The zero-order valence-corrected chi connectivity index (χ0v) is 25.3. The number of hydrogen-bond acceptors (Lipinski definition) is 10. The van der Waals surface area contributed by atoms with E-state index in [2.05, 4.69) is 33.8 Å². The van der Waals surface area contributed by atoms with Gasteiger partial charge in [0, 0.05) is 40.9 Å². The third-order valence-electron chi connectivity index (χ3n) is 9.49. The number of nitriles is 1. The summed E-state index contributed by atoms with van der Waals surface area (Å²) >= 11 is 0. The van der Waals surface area contributed by atoms with Crippen molar-refractivity contribution in [3.8, 4) is 34.8 Å². The van der Waals surface area contributed by atoms with E-state index in [1.807, 2.05) is 20.9 Å². The molecule has 6 atom stereocenters. The van der Waals surface area contributed by atoms with Crippen molar-refractivity contribution in [1.82, 2.24) is 15.1 Å². The van der Waals surface area contributed by atoms with Crippen LogP contribution in [0, 0.1) is 25.2 Å². The van der Waals surface area contributed by atoms with Crippen LogP contribution in [-0.4, -0.2) is 79.1 Å². The lowest BCUT2D eigenvalue weighted by molar-refractivity contribution is -0.123. The molecule has 0 radical (unpaired) electrons. The number of phenols is 1.